The van der Waals surface area contributed by atoms with E-state index in [0.717, 1.165) is 38.8 Å². The smallest absolute Gasteiger partial charge is 0.353 e. The molecule has 0 radical (unpaired) electrons. The third kappa shape index (κ3) is 5.48. The average molecular weight is 609 g/mol. The number of nitrogens with one attached hydrogen (secondary N) is 1. The summed E-state index contributed by atoms with van der Waals surface area (Å²) >= 11 is 12.3. The van der Waals surface area contributed by atoms with Crippen LogP contribution < -0.4 is 16.8 Å². The monoisotopic (exact) mass is 608 g/mol. The molecule has 2 aromatic rings. The molecule has 0 saturated carbocycles. The second kappa shape index (κ2) is 11.6. The number of nitroso groups, excluding NO2 is 1. The fourth-order valence-corrected chi connectivity index (χ4v) is 8.64. The van der Waals surface area contributed by atoms with Crippen molar-refractivity contribution in [1.29, 1.82) is 0 Å². The molecule has 3 atom stereocenters. The van der Waals surface area contributed by atoms with Crippen molar-refractivity contribution in [3.05, 3.63) is 30.5 Å². The first-order valence-corrected chi connectivity index (χ1v) is 15.0. The molecule has 2 aliphatic heterocycles. The van der Waals surface area contributed by atoms with E-state index < -0.39 is 35.2 Å². The summed E-state index contributed by atoms with van der Waals surface area (Å²) in [5.74, 6) is -1.07. The first-order valence-electron chi connectivity index (χ1n) is 9.98. The first-order chi connectivity index (χ1) is 17.2. The number of carboxylic acids is 1. The van der Waals surface area contributed by atoms with Gasteiger partial charge in [-0.3, -0.25) is 14.5 Å². The van der Waals surface area contributed by atoms with Crippen molar-refractivity contribution in [2.75, 3.05) is 23.8 Å². The van der Waals surface area contributed by atoms with E-state index in [2.05, 4.69) is 25.7 Å². The molecular weight excluding hydrogens is 592 g/mol. The number of halogens is 1. The number of nitrogens with zero attached hydrogens (tertiary/aromatic N) is 5. The van der Waals surface area contributed by atoms with Gasteiger partial charge in [0.05, 0.1) is 0 Å². The Kier molecular flexibility index (Phi) is 8.74. The Labute approximate surface area is 229 Å². The third-order valence-corrected chi connectivity index (χ3v) is 10.6. The molecule has 1 fully saturated rings. The molecule has 19 heteroatoms. The zero-order chi connectivity index (χ0) is 26.0. The standard InChI is InChI=1S/C17H17ClN8O5S5/c18-11-7(22-16(20)36-11)8(25-31)12(27)21-9-13(28)26-10(15(29)30)5(3-33-14(9)26)34-17-24-23-6(35-17)4-32-2-1-19/h8-9,14H,1-4,19H2,(H2,20,22)(H,21,27)(H,29,30)/t8?,9-,14+/m1/s1. The van der Waals surface area contributed by atoms with Gasteiger partial charge in [-0.2, -0.15) is 11.8 Å². The van der Waals surface area contributed by atoms with E-state index in [4.69, 9.17) is 23.1 Å². The molecule has 4 heterocycles. The maximum atomic E-state index is 12.9. The second-order valence-corrected chi connectivity index (χ2v) is 13.3. The number of nitrogen functional groups attached to an aromatic ring is 1. The van der Waals surface area contributed by atoms with Crippen molar-refractivity contribution in [2.24, 2.45) is 10.9 Å². The van der Waals surface area contributed by atoms with Crippen LogP contribution in [0.2, 0.25) is 4.34 Å². The number of β-lactam (4-membered cyclic amide) rings is 1. The number of fused-ring (bicyclic) bond motifs is 1. The Balaban J connectivity index is 1.47. The van der Waals surface area contributed by atoms with Crippen LogP contribution in [0.15, 0.2) is 20.1 Å². The van der Waals surface area contributed by atoms with E-state index in [1.807, 2.05) is 0 Å². The third-order valence-electron chi connectivity index (χ3n) is 4.82. The predicted octanol–water partition coefficient (Wildman–Crippen LogP) is 1.72. The summed E-state index contributed by atoms with van der Waals surface area (Å²) in [5, 5.41) is 23.5. The molecule has 0 bridgehead atoms. The molecule has 0 aliphatic carbocycles. The highest BCUT2D eigenvalue weighted by molar-refractivity contribution is 8.07. The molecule has 2 aromatic heterocycles. The van der Waals surface area contributed by atoms with Crippen LogP contribution >= 0.6 is 69.6 Å². The molecule has 6 N–H and O–H groups in total. The number of carbonyl (C=O) groups excluding carboxylic acids is 2. The predicted molar refractivity (Wildman–Crippen MR) is 141 cm³/mol. The van der Waals surface area contributed by atoms with Crippen molar-refractivity contribution in [2.45, 2.75) is 27.6 Å². The van der Waals surface area contributed by atoms with Crippen molar-refractivity contribution in [1.82, 2.24) is 25.4 Å². The van der Waals surface area contributed by atoms with E-state index in [1.165, 1.54) is 23.1 Å². The Morgan fingerprint density at radius 3 is 2.78 bits per heavy atom. The summed E-state index contributed by atoms with van der Waals surface area (Å²) in [4.78, 5) is 54.5. The quantitative estimate of drug-likeness (QED) is 0.163. The highest BCUT2D eigenvalue weighted by Gasteiger charge is 2.55. The van der Waals surface area contributed by atoms with E-state index in [-0.39, 0.29) is 26.6 Å². The van der Waals surface area contributed by atoms with Gasteiger partial charge in [-0.1, -0.05) is 46.0 Å². The number of carboxylic acid groups (broad SMARTS) is 1. The number of aliphatic carboxylic acids is 1. The number of anilines is 1. The van der Waals surface area contributed by atoms with Gasteiger partial charge in [0, 0.05) is 28.7 Å². The molecule has 0 spiro atoms. The van der Waals surface area contributed by atoms with Gasteiger partial charge in [-0.25, -0.2) is 9.78 Å². The number of amides is 2. The van der Waals surface area contributed by atoms with Crippen LogP contribution in [0, 0.1) is 4.91 Å². The van der Waals surface area contributed by atoms with Gasteiger partial charge in [0.1, 0.15) is 32.2 Å². The fourth-order valence-electron chi connectivity index (χ4n) is 3.31. The number of thioether (sulfide) groups is 3. The average Bonchev–Trinajstić information content (AvgIpc) is 3.42. The Morgan fingerprint density at radius 2 is 2.14 bits per heavy atom. The summed E-state index contributed by atoms with van der Waals surface area (Å²) < 4.78 is 0.597. The molecule has 2 aliphatic rings. The van der Waals surface area contributed by atoms with Crippen molar-refractivity contribution in [3.63, 3.8) is 0 Å². The van der Waals surface area contributed by atoms with Gasteiger partial charge >= 0.3 is 5.97 Å². The molecule has 1 saturated heterocycles. The van der Waals surface area contributed by atoms with E-state index in [9.17, 15) is 24.4 Å². The van der Waals surface area contributed by atoms with Gasteiger partial charge in [0.25, 0.3) is 11.8 Å². The van der Waals surface area contributed by atoms with Crippen LogP contribution in [-0.4, -0.2) is 72.4 Å². The lowest BCUT2D eigenvalue weighted by Crippen LogP contribution is -2.70. The number of nitrogens with two attached hydrogens (primary N) is 2. The number of hydrogen-bond donors (Lipinski definition) is 4. The molecule has 1 unspecified atom stereocenters. The normalized spacial score (nSPS) is 20.1. The minimum atomic E-state index is -1.60. The highest BCUT2D eigenvalue weighted by atomic mass is 35.5. The van der Waals surface area contributed by atoms with E-state index in [0.29, 0.717) is 21.5 Å². The minimum absolute atomic E-state index is 0.0384. The maximum Gasteiger partial charge on any atom is 0.353 e. The molecular formula is C17H17ClN8O5S5. The van der Waals surface area contributed by atoms with Crippen LogP contribution in [0.5, 0.6) is 0 Å². The Morgan fingerprint density at radius 1 is 1.36 bits per heavy atom. The SMILES string of the molecule is NCCSCc1nnc(SC2=C(C(=O)O)N3C(=O)[C@@H](NC(=O)C(N=O)c4nc(N)sc4Cl)[C@@H]3SC2)s1. The lowest BCUT2D eigenvalue weighted by Gasteiger charge is -2.49. The number of thiazole rings is 1. The van der Waals surface area contributed by atoms with Gasteiger partial charge in [0.2, 0.25) is 6.04 Å². The van der Waals surface area contributed by atoms with Crippen LogP contribution in [0.4, 0.5) is 5.13 Å². The van der Waals surface area contributed by atoms with E-state index in [1.54, 1.807) is 11.8 Å². The number of hydrogen-bond acceptors (Lipinski definition) is 15. The second-order valence-electron chi connectivity index (χ2n) is 7.10. The van der Waals surface area contributed by atoms with Crippen LogP contribution in [0.25, 0.3) is 0 Å². The van der Waals surface area contributed by atoms with Crippen molar-refractivity contribution < 1.29 is 19.5 Å². The first kappa shape index (κ1) is 27.1. The molecule has 36 heavy (non-hydrogen) atoms. The lowest BCUT2D eigenvalue weighted by atomic mass is 10.0. The van der Waals surface area contributed by atoms with Gasteiger partial charge in [-0.05, 0) is 5.18 Å². The summed E-state index contributed by atoms with van der Waals surface area (Å²) in [6, 6.07) is -2.65. The molecule has 192 valence electrons. The molecule has 4 rings (SSSR count). The highest BCUT2D eigenvalue weighted by Crippen LogP contribution is 2.46. The van der Waals surface area contributed by atoms with Gasteiger partial charge in [-0.15, -0.1) is 26.9 Å². The Bertz CT molecular complexity index is 1240. The van der Waals surface area contributed by atoms with Crippen LogP contribution in [0.1, 0.15) is 16.7 Å². The molecule has 2 amide bonds. The summed E-state index contributed by atoms with van der Waals surface area (Å²) in [6.07, 6.45) is 0. The van der Waals surface area contributed by atoms with Gasteiger partial charge < -0.3 is 21.9 Å². The molecule has 0 aromatic carbocycles. The zero-order valence-corrected chi connectivity index (χ0v) is 22.8. The van der Waals surface area contributed by atoms with Crippen molar-refractivity contribution in [3.8, 4) is 0 Å². The van der Waals surface area contributed by atoms with Crippen molar-refractivity contribution >= 4 is 92.5 Å². The number of aromatic nitrogens is 3. The lowest BCUT2D eigenvalue weighted by molar-refractivity contribution is -0.150. The summed E-state index contributed by atoms with van der Waals surface area (Å²) in [5.41, 5.74) is 10.8. The van der Waals surface area contributed by atoms with E-state index >= 15 is 0 Å². The minimum Gasteiger partial charge on any atom is -0.477 e. The maximum absolute atomic E-state index is 12.9. The number of carbonyl (C=O) groups is 3. The topological polar surface area (TPSA) is 207 Å². The van der Waals surface area contributed by atoms with Crippen LogP contribution in [-0.2, 0) is 20.1 Å². The summed E-state index contributed by atoms with van der Waals surface area (Å²) in [6.45, 7) is 0.559. The van der Waals surface area contributed by atoms with Gasteiger partial charge in [0.15, 0.2) is 9.47 Å². The largest absolute Gasteiger partial charge is 0.477 e. The van der Waals surface area contributed by atoms with Crippen LogP contribution in [0.3, 0.4) is 0 Å². The summed E-state index contributed by atoms with van der Waals surface area (Å²) in [7, 11) is 0. The Hall–Kier alpha value is -1.96. The fraction of sp³-hybridized carbons (Fsp3) is 0.412. The number of rotatable bonds is 11. The zero-order valence-electron chi connectivity index (χ0n) is 18.0. The molecule has 13 nitrogen and oxygen atoms in total.